The number of phenolic OH excluding ortho intramolecular Hbond substituents is 1. The Hall–Kier alpha value is -2.86. The third kappa shape index (κ3) is 2.77. The van der Waals surface area contributed by atoms with Gasteiger partial charge in [0, 0.05) is 5.56 Å². The minimum atomic E-state index is -0.423. The zero-order valence-corrected chi connectivity index (χ0v) is 12.0. The number of phenols is 1. The van der Waals surface area contributed by atoms with Crippen LogP contribution in [0.25, 0.3) is 11.4 Å². The fourth-order valence-corrected chi connectivity index (χ4v) is 2.15. The van der Waals surface area contributed by atoms with E-state index >= 15 is 0 Å². The molecule has 1 atom stereocenters. The number of aromatic amines is 1. The van der Waals surface area contributed by atoms with Crippen molar-refractivity contribution in [3.63, 3.8) is 0 Å². The van der Waals surface area contributed by atoms with Gasteiger partial charge in [-0.05, 0) is 42.0 Å². The van der Waals surface area contributed by atoms with Gasteiger partial charge in [0.2, 0.25) is 0 Å². The van der Waals surface area contributed by atoms with Crippen LogP contribution in [0.1, 0.15) is 17.4 Å². The van der Waals surface area contributed by atoms with Crippen molar-refractivity contribution >= 4 is 0 Å². The summed E-state index contributed by atoms with van der Waals surface area (Å²) in [6, 6.07) is 13.8. The monoisotopic (exact) mass is 296 g/mol. The number of hydrogen-bond donors (Lipinski definition) is 3. The number of ether oxygens (including phenoxy) is 1. The average Bonchev–Trinajstić information content (AvgIpc) is 3.05. The number of aromatic nitrogens is 3. The number of nitrogens with two attached hydrogens (primary N) is 1. The molecule has 6 heteroatoms. The van der Waals surface area contributed by atoms with Gasteiger partial charge >= 0.3 is 0 Å². The minimum absolute atomic E-state index is 0.201. The van der Waals surface area contributed by atoms with Gasteiger partial charge in [0.05, 0.1) is 13.2 Å². The maximum Gasteiger partial charge on any atom is 0.181 e. The summed E-state index contributed by atoms with van der Waals surface area (Å²) >= 11 is 0. The lowest BCUT2D eigenvalue weighted by Gasteiger charge is -2.09. The number of aromatic hydroxyl groups is 1. The lowest BCUT2D eigenvalue weighted by Crippen LogP contribution is -2.13. The molecule has 3 aromatic rings. The molecule has 112 valence electrons. The van der Waals surface area contributed by atoms with E-state index in [-0.39, 0.29) is 5.75 Å². The van der Waals surface area contributed by atoms with Gasteiger partial charge in [0.1, 0.15) is 17.3 Å². The van der Waals surface area contributed by atoms with Crippen molar-refractivity contribution < 1.29 is 9.84 Å². The lowest BCUT2D eigenvalue weighted by molar-refractivity contribution is 0.414. The first-order valence-corrected chi connectivity index (χ1v) is 6.78. The topological polar surface area (TPSA) is 97.1 Å². The molecule has 3 rings (SSSR count). The van der Waals surface area contributed by atoms with Crippen LogP contribution in [-0.4, -0.2) is 27.4 Å². The van der Waals surface area contributed by atoms with E-state index in [0.29, 0.717) is 11.6 Å². The van der Waals surface area contributed by atoms with Crippen LogP contribution >= 0.6 is 0 Å². The quantitative estimate of drug-likeness (QED) is 0.686. The second-order valence-corrected chi connectivity index (χ2v) is 4.85. The Morgan fingerprint density at radius 2 is 1.95 bits per heavy atom. The molecule has 0 saturated heterocycles. The van der Waals surface area contributed by atoms with Crippen molar-refractivity contribution in [1.29, 1.82) is 0 Å². The fourth-order valence-electron chi connectivity index (χ4n) is 2.15. The number of nitrogens with zero attached hydrogens (tertiary/aromatic N) is 2. The predicted molar refractivity (Wildman–Crippen MR) is 82.5 cm³/mol. The molecule has 0 bridgehead atoms. The van der Waals surface area contributed by atoms with Crippen molar-refractivity contribution in [3.8, 4) is 22.9 Å². The standard InChI is InChI=1S/C16H16N4O2/c1-22-13-4-2-3-11(9-13)14(17)16-18-15(19-20-16)10-5-7-12(21)8-6-10/h2-9,14,21H,17H2,1H3,(H,18,19,20)/t14-/m0/s1. The third-order valence-corrected chi connectivity index (χ3v) is 3.38. The first kappa shape index (κ1) is 14.1. The van der Waals surface area contributed by atoms with E-state index in [1.165, 1.54) is 0 Å². The summed E-state index contributed by atoms with van der Waals surface area (Å²) in [4.78, 5) is 4.43. The van der Waals surface area contributed by atoms with Crippen LogP contribution in [0.3, 0.4) is 0 Å². The Balaban J connectivity index is 1.87. The van der Waals surface area contributed by atoms with Crippen molar-refractivity contribution in [2.24, 2.45) is 5.73 Å². The highest BCUT2D eigenvalue weighted by atomic mass is 16.5. The average molecular weight is 296 g/mol. The highest BCUT2D eigenvalue weighted by molar-refractivity contribution is 5.55. The Bertz CT molecular complexity index is 768. The third-order valence-electron chi connectivity index (χ3n) is 3.38. The van der Waals surface area contributed by atoms with Gasteiger partial charge in [-0.3, -0.25) is 5.10 Å². The smallest absolute Gasteiger partial charge is 0.181 e. The molecule has 0 fully saturated rings. The van der Waals surface area contributed by atoms with Gasteiger partial charge in [0.25, 0.3) is 0 Å². The van der Waals surface area contributed by atoms with Gasteiger partial charge in [-0.15, -0.1) is 0 Å². The van der Waals surface area contributed by atoms with Gasteiger partial charge in [0.15, 0.2) is 5.82 Å². The zero-order chi connectivity index (χ0) is 15.5. The Morgan fingerprint density at radius 3 is 2.68 bits per heavy atom. The normalized spacial score (nSPS) is 12.1. The highest BCUT2D eigenvalue weighted by Gasteiger charge is 2.15. The van der Waals surface area contributed by atoms with Gasteiger partial charge in [-0.1, -0.05) is 12.1 Å². The molecule has 0 saturated carbocycles. The van der Waals surface area contributed by atoms with Crippen LogP contribution in [0.4, 0.5) is 0 Å². The SMILES string of the molecule is COc1cccc([C@H](N)c2nc(-c3ccc(O)cc3)n[nH]2)c1. The predicted octanol–water partition coefficient (Wildman–Crippen LogP) is 2.23. The van der Waals surface area contributed by atoms with E-state index in [1.54, 1.807) is 31.4 Å². The van der Waals surface area contributed by atoms with Crippen LogP contribution in [0, 0.1) is 0 Å². The molecule has 1 aromatic heterocycles. The van der Waals surface area contributed by atoms with Crippen LogP contribution in [0.15, 0.2) is 48.5 Å². The van der Waals surface area contributed by atoms with Crippen LogP contribution in [0.5, 0.6) is 11.5 Å². The molecular formula is C16H16N4O2. The summed E-state index contributed by atoms with van der Waals surface area (Å²) < 4.78 is 5.20. The zero-order valence-electron chi connectivity index (χ0n) is 12.0. The molecule has 0 amide bonds. The number of methoxy groups -OCH3 is 1. The Kier molecular flexibility index (Phi) is 3.76. The molecule has 0 aliphatic rings. The molecule has 0 aliphatic carbocycles. The molecule has 22 heavy (non-hydrogen) atoms. The first-order valence-electron chi connectivity index (χ1n) is 6.78. The van der Waals surface area contributed by atoms with Gasteiger partial charge < -0.3 is 15.6 Å². The summed E-state index contributed by atoms with van der Waals surface area (Å²) in [6.45, 7) is 0. The molecule has 1 heterocycles. The summed E-state index contributed by atoms with van der Waals surface area (Å²) in [5.41, 5.74) is 7.91. The van der Waals surface area contributed by atoms with E-state index in [4.69, 9.17) is 10.5 Å². The summed E-state index contributed by atoms with van der Waals surface area (Å²) in [5.74, 6) is 2.04. The van der Waals surface area contributed by atoms with Gasteiger partial charge in [-0.25, -0.2) is 4.98 Å². The molecule has 0 spiro atoms. The number of benzene rings is 2. The molecule has 6 nitrogen and oxygen atoms in total. The Labute approximate surface area is 127 Å². The molecule has 4 N–H and O–H groups in total. The minimum Gasteiger partial charge on any atom is -0.508 e. The highest BCUT2D eigenvalue weighted by Crippen LogP contribution is 2.23. The van der Waals surface area contributed by atoms with Crippen molar-refractivity contribution in [3.05, 3.63) is 59.9 Å². The van der Waals surface area contributed by atoms with Crippen LogP contribution in [-0.2, 0) is 0 Å². The molecule has 0 radical (unpaired) electrons. The lowest BCUT2D eigenvalue weighted by atomic mass is 10.1. The first-order chi connectivity index (χ1) is 10.7. The maximum absolute atomic E-state index is 9.31. The van der Waals surface area contributed by atoms with Crippen LogP contribution < -0.4 is 10.5 Å². The van der Waals surface area contributed by atoms with E-state index in [0.717, 1.165) is 16.9 Å². The van der Waals surface area contributed by atoms with E-state index in [9.17, 15) is 5.11 Å². The summed E-state index contributed by atoms with van der Waals surface area (Å²) in [6.07, 6.45) is 0. The number of nitrogens with one attached hydrogen (secondary N) is 1. The van der Waals surface area contributed by atoms with Crippen molar-refractivity contribution in [1.82, 2.24) is 15.2 Å². The van der Waals surface area contributed by atoms with Crippen molar-refractivity contribution in [2.45, 2.75) is 6.04 Å². The molecule has 0 aliphatic heterocycles. The fraction of sp³-hybridized carbons (Fsp3) is 0.125. The second kappa shape index (κ2) is 5.87. The van der Waals surface area contributed by atoms with Crippen molar-refractivity contribution in [2.75, 3.05) is 7.11 Å². The van der Waals surface area contributed by atoms with E-state index in [1.807, 2.05) is 24.3 Å². The largest absolute Gasteiger partial charge is 0.508 e. The number of hydrogen-bond acceptors (Lipinski definition) is 5. The summed E-state index contributed by atoms with van der Waals surface area (Å²) in [5, 5.41) is 16.4. The van der Waals surface area contributed by atoms with E-state index < -0.39 is 6.04 Å². The van der Waals surface area contributed by atoms with Gasteiger partial charge in [-0.2, -0.15) is 5.10 Å². The van der Waals surface area contributed by atoms with Crippen LogP contribution in [0.2, 0.25) is 0 Å². The number of rotatable bonds is 4. The molecule has 0 unspecified atom stereocenters. The number of H-pyrrole nitrogens is 1. The molecular weight excluding hydrogens is 280 g/mol. The summed E-state index contributed by atoms with van der Waals surface area (Å²) in [7, 11) is 1.61. The van der Waals surface area contributed by atoms with E-state index in [2.05, 4.69) is 15.2 Å². The maximum atomic E-state index is 9.31. The Morgan fingerprint density at radius 1 is 1.18 bits per heavy atom. The second-order valence-electron chi connectivity index (χ2n) is 4.85. The molecule has 2 aromatic carbocycles.